The number of methoxy groups -OCH3 is 1. The van der Waals surface area contributed by atoms with Gasteiger partial charge in [0.25, 0.3) is 5.92 Å². The van der Waals surface area contributed by atoms with Crippen LogP contribution in [0, 0.1) is 24.2 Å². The third kappa shape index (κ3) is 5.38. The molecule has 206 valence electrons. The van der Waals surface area contributed by atoms with Crippen molar-refractivity contribution in [2.45, 2.75) is 64.8 Å². The standard InChI is InChI=1S/C30H34F2N4O3/c1-17-11-20(9-10-36(17)29(38)19(3)30(4,31)32)24-16-35(5)28-27(24)18(2)23(15-34-28)13-25(37)21-7-8-26(39-6)22(12-21)14-33/h7-8,12,15-17,19-20H,9-11,13H2,1-6H3/t17-,19+,20+/m0/s1. The van der Waals surface area contributed by atoms with Crippen LogP contribution in [0.15, 0.2) is 30.6 Å². The van der Waals surface area contributed by atoms with Gasteiger partial charge in [-0.2, -0.15) is 5.26 Å². The van der Waals surface area contributed by atoms with Crippen molar-refractivity contribution in [3.05, 3.63) is 58.4 Å². The predicted molar refractivity (Wildman–Crippen MR) is 144 cm³/mol. The minimum atomic E-state index is -3.07. The van der Waals surface area contributed by atoms with E-state index in [1.165, 1.54) is 14.0 Å². The third-order valence-corrected chi connectivity index (χ3v) is 8.10. The number of Topliss-reactive ketones (excluding diaryl/α,β-unsaturated/α-hetero) is 1. The van der Waals surface area contributed by atoms with Gasteiger partial charge in [0, 0.05) is 56.3 Å². The van der Waals surface area contributed by atoms with Crippen LogP contribution in [-0.4, -0.2) is 51.8 Å². The molecule has 1 aliphatic rings. The van der Waals surface area contributed by atoms with Gasteiger partial charge >= 0.3 is 0 Å². The van der Waals surface area contributed by atoms with Gasteiger partial charge in [-0.15, -0.1) is 0 Å². The van der Waals surface area contributed by atoms with Gasteiger partial charge < -0.3 is 14.2 Å². The Morgan fingerprint density at radius 1 is 1.33 bits per heavy atom. The molecule has 0 aliphatic carbocycles. The fourth-order valence-corrected chi connectivity index (χ4v) is 5.56. The lowest BCUT2D eigenvalue weighted by Crippen LogP contribution is -2.49. The molecule has 1 aromatic carbocycles. The number of ketones is 1. The summed E-state index contributed by atoms with van der Waals surface area (Å²) in [5, 5.41) is 10.4. The number of carbonyl (C=O) groups excluding carboxylic acids is 2. The van der Waals surface area contributed by atoms with Crippen LogP contribution in [0.5, 0.6) is 5.75 Å². The number of nitrogens with zero attached hydrogens (tertiary/aromatic N) is 4. The molecule has 3 aromatic rings. The van der Waals surface area contributed by atoms with Gasteiger partial charge in [-0.3, -0.25) is 9.59 Å². The number of amides is 1. The van der Waals surface area contributed by atoms with E-state index in [4.69, 9.17) is 4.74 Å². The summed E-state index contributed by atoms with van der Waals surface area (Å²) in [4.78, 5) is 32.2. The van der Waals surface area contributed by atoms with Gasteiger partial charge in [-0.05, 0) is 74.4 Å². The third-order valence-electron chi connectivity index (χ3n) is 8.10. The second kappa shape index (κ2) is 10.8. The maximum absolute atomic E-state index is 13.8. The van der Waals surface area contributed by atoms with Crippen molar-refractivity contribution in [2.75, 3.05) is 13.7 Å². The zero-order valence-electron chi connectivity index (χ0n) is 23.2. The average molecular weight is 537 g/mol. The lowest BCUT2D eigenvalue weighted by atomic mass is 9.84. The molecule has 3 heterocycles. The Hall–Kier alpha value is -3.80. The number of fused-ring (bicyclic) bond motifs is 1. The normalized spacial score (nSPS) is 18.6. The first-order valence-electron chi connectivity index (χ1n) is 13.1. The highest BCUT2D eigenvalue weighted by Crippen LogP contribution is 2.39. The first-order valence-corrected chi connectivity index (χ1v) is 13.1. The molecule has 0 radical (unpaired) electrons. The molecule has 39 heavy (non-hydrogen) atoms. The smallest absolute Gasteiger partial charge is 0.256 e. The summed E-state index contributed by atoms with van der Waals surface area (Å²) in [5.41, 5.74) is 4.39. The Labute approximate surface area is 227 Å². The molecule has 1 saturated heterocycles. The van der Waals surface area contributed by atoms with Crippen LogP contribution in [0.25, 0.3) is 11.0 Å². The summed E-state index contributed by atoms with van der Waals surface area (Å²) in [6.45, 7) is 6.38. The van der Waals surface area contributed by atoms with Crippen molar-refractivity contribution < 1.29 is 23.1 Å². The van der Waals surface area contributed by atoms with Gasteiger partial charge in [0.2, 0.25) is 5.91 Å². The van der Waals surface area contributed by atoms with E-state index in [2.05, 4.69) is 17.3 Å². The van der Waals surface area contributed by atoms with E-state index in [1.807, 2.05) is 25.5 Å². The van der Waals surface area contributed by atoms with E-state index in [0.717, 1.165) is 34.6 Å². The number of pyridine rings is 1. The summed E-state index contributed by atoms with van der Waals surface area (Å²) in [7, 11) is 3.41. The fourth-order valence-electron chi connectivity index (χ4n) is 5.56. The van der Waals surface area contributed by atoms with Gasteiger partial charge in [-0.1, -0.05) is 0 Å². The number of hydrogen-bond donors (Lipinski definition) is 0. The Morgan fingerprint density at radius 3 is 2.67 bits per heavy atom. The van der Waals surface area contributed by atoms with Gasteiger partial charge in [-0.25, -0.2) is 13.8 Å². The van der Waals surface area contributed by atoms with Crippen molar-refractivity contribution >= 4 is 22.7 Å². The molecule has 3 atom stereocenters. The van der Waals surface area contributed by atoms with Crippen molar-refractivity contribution in [3.8, 4) is 11.8 Å². The van der Waals surface area contributed by atoms with Crippen LogP contribution in [0.1, 0.15) is 72.1 Å². The van der Waals surface area contributed by atoms with Gasteiger partial charge in [0.05, 0.1) is 18.6 Å². The summed E-state index contributed by atoms with van der Waals surface area (Å²) in [5.74, 6) is -4.53. The molecule has 1 fully saturated rings. The number of rotatable bonds is 7. The number of nitriles is 1. The van der Waals surface area contributed by atoms with Crippen molar-refractivity contribution in [1.82, 2.24) is 14.5 Å². The van der Waals surface area contributed by atoms with Gasteiger partial charge in [0.1, 0.15) is 17.5 Å². The Kier molecular flexibility index (Phi) is 7.78. The van der Waals surface area contributed by atoms with Crippen LogP contribution < -0.4 is 4.74 Å². The summed E-state index contributed by atoms with van der Waals surface area (Å²) in [6, 6.07) is 6.70. The molecule has 0 saturated carbocycles. The lowest BCUT2D eigenvalue weighted by molar-refractivity contribution is -0.150. The lowest BCUT2D eigenvalue weighted by Gasteiger charge is -2.39. The molecule has 9 heteroatoms. The van der Waals surface area contributed by atoms with E-state index < -0.39 is 17.7 Å². The number of likely N-dealkylation sites (tertiary alicyclic amines) is 1. The SMILES string of the molecule is COc1ccc(C(=O)Cc2cnc3c(c([C@@H]4CCN(C(=O)[C@@H](C)C(C)(F)F)[C@@H](C)C4)cn3C)c2C)cc1C#N. The fraction of sp³-hybridized carbons (Fsp3) is 0.467. The zero-order chi connectivity index (χ0) is 28.6. The van der Waals surface area contributed by atoms with E-state index in [1.54, 1.807) is 29.3 Å². The number of aromatic nitrogens is 2. The molecule has 1 amide bonds. The second-order valence-electron chi connectivity index (χ2n) is 10.7. The molecule has 0 spiro atoms. The quantitative estimate of drug-likeness (QED) is 0.368. The average Bonchev–Trinajstić information content (AvgIpc) is 3.25. The molecular weight excluding hydrogens is 502 g/mol. The Balaban J connectivity index is 1.60. The number of alkyl halides is 2. The van der Waals surface area contributed by atoms with E-state index in [0.29, 0.717) is 36.3 Å². The highest BCUT2D eigenvalue weighted by molar-refractivity contribution is 5.99. The molecule has 7 nitrogen and oxygen atoms in total. The van der Waals surface area contributed by atoms with Crippen LogP contribution in [-0.2, 0) is 18.3 Å². The molecule has 0 unspecified atom stereocenters. The molecule has 0 bridgehead atoms. The first kappa shape index (κ1) is 28.2. The number of halogens is 2. The number of aryl methyl sites for hydroxylation is 2. The van der Waals surface area contributed by atoms with E-state index >= 15 is 0 Å². The molecule has 2 aromatic heterocycles. The molecule has 4 rings (SSSR count). The minimum absolute atomic E-state index is 0.122. The number of ether oxygens (including phenoxy) is 1. The minimum Gasteiger partial charge on any atom is -0.495 e. The van der Waals surface area contributed by atoms with E-state index in [9.17, 15) is 23.6 Å². The Morgan fingerprint density at radius 2 is 2.05 bits per heavy atom. The van der Waals surface area contributed by atoms with Crippen LogP contribution in [0.2, 0.25) is 0 Å². The number of hydrogen-bond acceptors (Lipinski definition) is 5. The van der Waals surface area contributed by atoms with Crippen molar-refractivity contribution in [3.63, 3.8) is 0 Å². The molecular formula is C30H34F2N4O3. The zero-order valence-corrected chi connectivity index (χ0v) is 23.2. The largest absolute Gasteiger partial charge is 0.495 e. The number of benzene rings is 1. The summed E-state index contributed by atoms with van der Waals surface area (Å²) >= 11 is 0. The highest BCUT2D eigenvalue weighted by Gasteiger charge is 2.41. The second-order valence-corrected chi connectivity index (χ2v) is 10.7. The monoisotopic (exact) mass is 536 g/mol. The van der Waals surface area contributed by atoms with Crippen molar-refractivity contribution in [2.24, 2.45) is 13.0 Å². The van der Waals surface area contributed by atoms with Gasteiger partial charge in [0.15, 0.2) is 5.78 Å². The number of carbonyl (C=O) groups is 2. The molecule has 1 aliphatic heterocycles. The maximum Gasteiger partial charge on any atom is 0.256 e. The van der Waals surface area contributed by atoms with Crippen LogP contribution in [0.3, 0.4) is 0 Å². The predicted octanol–water partition coefficient (Wildman–Crippen LogP) is 5.57. The van der Waals surface area contributed by atoms with E-state index in [-0.39, 0.29) is 24.2 Å². The maximum atomic E-state index is 13.8. The topological polar surface area (TPSA) is 88.2 Å². The summed E-state index contributed by atoms with van der Waals surface area (Å²) in [6.07, 6.45) is 5.22. The Bertz CT molecular complexity index is 1470. The highest BCUT2D eigenvalue weighted by atomic mass is 19.3. The summed E-state index contributed by atoms with van der Waals surface area (Å²) < 4.78 is 34.8. The number of piperidine rings is 1. The first-order chi connectivity index (χ1) is 18.4. The molecule has 0 N–H and O–H groups in total. The van der Waals surface area contributed by atoms with Crippen molar-refractivity contribution in [1.29, 1.82) is 5.26 Å². The van der Waals surface area contributed by atoms with Crippen LogP contribution in [0.4, 0.5) is 8.78 Å². The van der Waals surface area contributed by atoms with Crippen LogP contribution >= 0.6 is 0 Å².